The van der Waals surface area contributed by atoms with Gasteiger partial charge in [-0.1, -0.05) is 50.6 Å². The number of nitrogens with two attached hydrogens (primary N) is 4. The first-order valence-electron chi connectivity index (χ1n) is 10.4. The summed E-state index contributed by atoms with van der Waals surface area (Å²) < 4.78 is 0. The number of hydrogen-bond donors (Lipinski definition) is 6. The first kappa shape index (κ1) is 25.9. The lowest BCUT2D eigenvalue weighted by molar-refractivity contribution is -0.132. The van der Waals surface area contributed by atoms with E-state index in [0.29, 0.717) is 13.0 Å². The molecule has 0 unspecified atom stereocenters. The lowest BCUT2D eigenvalue weighted by Gasteiger charge is -2.24. The van der Waals surface area contributed by atoms with Crippen LogP contribution < -0.4 is 33.6 Å². The summed E-state index contributed by atoms with van der Waals surface area (Å²) in [6.07, 6.45) is 1.66. The summed E-state index contributed by atoms with van der Waals surface area (Å²) >= 11 is 0. The largest absolute Gasteiger partial charge is 0.370 e. The highest BCUT2D eigenvalue weighted by Crippen LogP contribution is 2.08. The first-order valence-corrected chi connectivity index (χ1v) is 10.4. The molecule has 0 saturated heterocycles. The quantitative estimate of drug-likeness (QED) is 0.133. The van der Waals surface area contributed by atoms with Crippen molar-refractivity contribution in [3.05, 3.63) is 35.9 Å². The minimum absolute atomic E-state index is 0.0539. The van der Waals surface area contributed by atoms with Crippen molar-refractivity contribution in [2.45, 2.75) is 57.7 Å². The molecule has 1 aromatic rings. The van der Waals surface area contributed by atoms with Gasteiger partial charge in [-0.25, -0.2) is 0 Å². The zero-order chi connectivity index (χ0) is 23.4. The number of nitrogens with zero attached hydrogens (tertiary/aromatic N) is 1. The normalized spacial score (nSPS) is 14.5. The van der Waals surface area contributed by atoms with Crippen LogP contribution in [0.4, 0.5) is 0 Å². The predicted molar refractivity (Wildman–Crippen MR) is 121 cm³/mol. The summed E-state index contributed by atoms with van der Waals surface area (Å²) in [6, 6.07) is 6.60. The number of carbonyl (C=O) groups is 3. The summed E-state index contributed by atoms with van der Waals surface area (Å²) in [5.41, 5.74) is 23.0. The summed E-state index contributed by atoms with van der Waals surface area (Å²) in [5, 5.41) is 5.34. The topological polar surface area (TPSA) is 192 Å². The molecule has 0 aliphatic rings. The Morgan fingerprint density at radius 3 is 2.16 bits per heavy atom. The Bertz CT molecular complexity index is 751. The zero-order valence-corrected chi connectivity index (χ0v) is 18.2. The standard InChI is InChI=1S/C21H35N7O3/c1-3-13(2)17(22)20(31)27-15(10-7-11-26-21(24)25)19(30)28-16(18(23)29)12-14-8-5-4-6-9-14/h4-6,8-9,13,15-17H,3,7,10-12,22H2,1-2H3,(H2,23,29)(H,27,31)(H,28,30)(H4,24,25,26)/t13-,15-,16-,17-/m0/s1. The van der Waals surface area contributed by atoms with E-state index in [4.69, 9.17) is 22.9 Å². The Kier molecular flexibility index (Phi) is 11.0. The second kappa shape index (κ2) is 13.2. The Balaban J connectivity index is 2.89. The lowest BCUT2D eigenvalue weighted by Crippen LogP contribution is -2.56. The number of guanidine groups is 1. The second-order valence-electron chi connectivity index (χ2n) is 7.57. The molecule has 172 valence electrons. The predicted octanol–water partition coefficient (Wildman–Crippen LogP) is -0.889. The van der Waals surface area contributed by atoms with Crippen molar-refractivity contribution >= 4 is 23.7 Å². The fourth-order valence-electron chi connectivity index (χ4n) is 2.90. The number of rotatable bonds is 13. The third-order valence-corrected chi connectivity index (χ3v) is 5.08. The molecule has 3 amide bonds. The average molecular weight is 434 g/mol. The van der Waals surface area contributed by atoms with E-state index in [1.807, 2.05) is 44.2 Å². The van der Waals surface area contributed by atoms with Crippen LogP contribution in [0.1, 0.15) is 38.7 Å². The van der Waals surface area contributed by atoms with Gasteiger partial charge in [-0.3, -0.25) is 19.4 Å². The Hall–Kier alpha value is -3.14. The van der Waals surface area contributed by atoms with Gasteiger partial charge < -0.3 is 33.6 Å². The number of amides is 3. The zero-order valence-electron chi connectivity index (χ0n) is 18.2. The molecule has 1 aromatic carbocycles. The maximum atomic E-state index is 12.9. The Morgan fingerprint density at radius 2 is 1.61 bits per heavy atom. The first-order chi connectivity index (χ1) is 14.6. The molecule has 10 N–H and O–H groups in total. The third-order valence-electron chi connectivity index (χ3n) is 5.08. The smallest absolute Gasteiger partial charge is 0.243 e. The number of primary amides is 1. The van der Waals surface area contributed by atoms with Gasteiger partial charge in [0.1, 0.15) is 12.1 Å². The van der Waals surface area contributed by atoms with Gasteiger partial charge in [0.2, 0.25) is 17.7 Å². The van der Waals surface area contributed by atoms with Crippen LogP contribution in [-0.2, 0) is 20.8 Å². The van der Waals surface area contributed by atoms with E-state index in [9.17, 15) is 14.4 Å². The van der Waals surface area contributed by atoms with Gasteiger partial charge >= 0.3 is 0 Å². The molecule has 1 rings (SSSR count). The average Bonchev–Trinajstić information content (AvgIpc) is 2.74. The highest BCUT2D eigenvalue weighted by atomic mass is 16.2. The number of nitrogens with one attached hydrogen (secondary N) is 2. The van der Waals surface area contributed by atoms with Crippen LogP contribution in [0.2, 0.25) is 0 Å². The monoisotopic (exact) mass is 433 g/mol. The molecule has 10 heteroatoms. The van der Waals surface area contributed by atoms with Gasteiger partial charge in [-0.2, -0.15) is 0 Å². The van der Waals surface area contributed by atoms with Crippen LogP contribution in [-0.4, -0.2) is 48.4 Å². The fraction of sp³-hybridized carbons (Fsp3) is 0.524. The summed E-state index contributed by atoms with van der Waals surface area (Å²) in [6.45, 7) is 4.09. The van der Waals surface area contributed by atoms with Crippen molar-refractivity contribution in [2.75, 3.05) is 6.54 Å². The molecule has 0 aromatic heterocycles. The lowest BCUT2D eigenvalue weighted by atomic mass is 9.98. The number of aliphatic imine (C=N–C) groups is 1. The van der Waals surface area contributed by atoms with Gasteiger partial charge in [0, 0.05) is 13.0 Å². The summed E-state index contributed by atoms with van der Waals surface area (Å²) in [5.74, 6) is -1.73. The van der Waals surface area contributed by atoms with Gasteiger partial charge in [0.15, 0.2) is 5.96 Å². The molecule has 0 aliphatic heterocycles. The number of hydrogen-bond acceptors (Lipinski definition) is 5. The van der Waals surface area contributed by atoms with Crippen LogP contribution >= 0.6 is 0 Å². The molecule has 0 heterocycles. The molecule has 10 nitrogen and oxygen atoms in total. The maximum absolute atomic E-state index is 12.9. The van der Waals surface area contributed by atoms with E-state index in [-0.39, 0.29) is 24.7 Å². The van der Waals surface area contributed by atoms with Crippen molar-refractivity contribution in [2.24, 2.45) is 33.8 Å². The minimum Gasteiger partial charge on any atom is -0.370 e. The van der Waals surface area contributed by atoms with E-state index < -0.39 is 35.8 Å². The van der Waals surface area contributed by atoms with Gasteiger partial charge in [-0.15, -0.1) is 0 Å². The molecule has 0 bridgehead atoms. The molecular formula is C21H35N7O3. The summed E-state index contributed by atoms with van der Waals surface area (Å²) in [4.78, 5) is 41.2. The molecular weight excluding hydrogens is 398 g/mol. The summed E-state index contributed by atoms with van der Waals surface area (Å²) in [7, 11) is 0. The van der Waals surface area contributed by atoms with Crippen molar-refractivity contribution in [1.82, 2.24) is 10.6 Å². The molecule has 0 aliphatic carbocycles. The van der Waals surface area contributed by atoms with Gasteiger partial charge in [-0.05, 0) is 24.3 Å². The Labute approximate surface area is 183 Å². The van der Waals surface area contributed by atoms with Gasteiger partial charge in [0.05, 0.1) is 6.04 Å². The van der Waals surface area contributed by atoms with E-state index in [1.54, 1.807) is 0 Å². The fourth-order valence-corrected chi connectivity index (χ4v) is 2.90. The Morgan fingerprint density at radius 1 is 1.00 bits per heavy atom. The van der Waals surface area contributed by atoms with Crippen LogP contribution in [0.15, 0.2) is 35.3 Å². The molecule has 0 radical (unpaired) electrons. The maximum Gasteiger partial charge on any atom is 0.243 e. The minimum atomic E-state index is -0.921. The van der Waals surface area contributed by atoms with E-state index in [2.05, 4.69) is 15.6 Å². The molecule has 0 fully saturated rings. The third kappa shape index (κ3) is 9.47. The second-order valence-corrected chi connectivity index (χ2v) is 7.57. The highest BCUT2D eigenvalue weighted by Gasteiger charge is 2.28. The SMILES string of the molecule is CC[C@H](C)[C@H](N)C(=O)N[C@@H](CCCN=C(N)N)C(=O)N[C@@H](Cc1ccccc1)C(N)=O. The van der Waals surface area contributed by atoms with E-state index >= 15 is 0 Å². The van der Waals surface area contributed by atoms with Crippen LogP contribution in [0, 0.1) is 5.92 Å². The highest BCUT2D eigenvalue weighted by molar-refractivity contribution is 5.92. The molecule has 0 spiro atoms. The van der Waals surface area contributed by atoms with Crippen LogP contribution in [0.5, 0.6) is 0 Å². The number of carbonyl (C=O) groups excluding carboxylic acids is 3. The van der Waals surface area contributed by atoms with Crippen molar-refractivity contribution in [3.8, 4) is 0 Å². The molecule has 31 heavy (non-hydrogen) atoms. The van der Waals surface area contributed by atoms with Crippen LogP contribution in [0.3, 0.4) is 0 Å². The van der Waals surface area contributed by atoms with Crippen molar-refractivity contribution < 1.29 is 14.4 Å². The molecule has 0 saturated carbocycles. The number of benzene rings is 1. The van der Waals surface area contributed by atoms with Crippen molar-refractivity contribution in [1.29, 1.82) is 0 Å². The van der Waals surface area contributed by atoms with E-state index in [0.717, 1.165) is 12.0 Å². The van der Waals surface area contributed by atoms with Crippen LogP contribution in [0.25, 0.3) is 0 Å². The van der Waals surface area contributed by atoms with Gasteiger partial charge in [0.25, 0.3) is 0 Å². The molecule has 4 atom stereocenters. The van der Waals surface area contributed by atoms with Crippen molar-refractivity contribution in [3.63, 3.8) is 0 Å². The van der Waals surface area contributed by atoms with E-state index in [1.165, 1.54) is 0 Å².